The summed E-state index contributed by atoms with van der Waals surface area (Å²) in [6.45, 7) is 0. The van der Waals surface area contributed by atoms with Gasteiger partial charge in [0.25, 0.3) is 5.91 Å². The van der Waals surface area contributed by atoms with E-state index in [4.69, 9.17) is 9.47 Å². The van der Waals surface area contributed by atoms with E-state index >= 15 is 0 Å². The van der Waals surface area contributed by atoms with Crippen LogP contribution in [0, 0.1) is 0 Å². The molecule has 1 heterocycles. The molecule has 0 radical (unpaired) electrons. The SMILES string of the molecule is COc1cc(C(=O)Nc2ccc3c(c2)CCC(=O)N3)ccc1OC1CCCC1. The Morgan fingerprint density at radius 1 is 1.07 bits per heavy atom. The normalized spacial score (nSPS) is 16.2. The molecule has 6 nitrogen and oxygen atoms in total. The van der Waals surface area contributed by atoms with Crippen molar-refractivity contribution in [3.63, 3.8) is 0 Å². The molecule has 2 aliphatic rings. The monoisotopic (exact) mass is 380 g/mol. The van der Waals surface area contributed by atoms with Crippen LogP contribution in [-0.2, 0) is 11.2 Å². The van der Waals surface area contributed by atoms with Crippen LogP contribution >= 0.6 is 0 Å². The van der Waals surface area contributed by atoms with E-state index in [1.165, 1.54) is 12.8 Å². The lowest BCUT2D eigenvalue weighted by Crippen LogP contribution is -2.19. The van der Waals surface area contributed by atoms with E-state index in [0.717, 1.165) is 24.1 Å². The Morgan fingerprint density at radius 2 is 1.89 bits per heavy atom. The molecule has 0 aromatic heterocycles. The van der Waals surface area contributed by atoms with Crippen LogP contribution in [0.2, 0.25) is 0 Å². The fourth-order valence-corrected chi connectivity index (χ4v) is 3.76. The summed E-state index contributed by atoms with van der Waals surface area (Å²) in [6.07, 6.45) is 5.87. The van der Waals surface area contributed by atoms with Crippen molar-refractivity contribution >= 4 is 23.2 Å². The Kier molecular flexibility index (Phi) is 5.19. The summed E-state index contributed by atoms with van der Waals surface area (Å²) in [5.41, 5.74) is 3.03. The molecule has 1 aliphatic carbocycles. The number of fused-ring (bicyclic) bond motifs is 1. The second-order valence-electron chi connectivity index (χ2n) is 7.26. The number of amides is 2. The molecule has 4 rings (SSSR count). The third kappa shape index (κ3) is 3.96. The maximum Gasteiger partial charge on any atom is 0.255 e. The largest absolute Gasteiger partial charge is 0.493 e. The van der Waals surface area contributed by atoms with Gasteiger partial charge in [0, 0.05) is 23.4 Å². The van der Waals surface area contributed by atoms with Crippen LogP contribution in [0.3, 0.4) is 0 Å². The highest BCUT2D eigenvalue weighted by Crippen LogP contribution is 2.33. The van der Waals surface area contributed by atoms with E-state index in [9.17, 15) is 9.59 Å². The third-order valence-electron chi connectivity index (χ3n) is 5.28. The number of ether oxygens (including phenoxy) is 2. The summed E-state index contributed by atoms with van der Waals surface area (Å²) >= 11 is 0. The molecule has 1 saturated carbocycles. The van der Waals surface area contributed by atoms with Crippen LogP contribution < -0.4 is 20.1 Å². The van der Waals surface area contributed by atoms with Crippen molar-refractivity contribution in [1.82, 2.24) is 0 Å². The van der Waals surface area contributed by atoms with Crippen molar-refractivity contribution in [2.24, 2.45) is 0 Å². The molecule has 0 saturated heterocycles. The fourth-order valence-electron chi connectivity index (χ4n) is 3.76. The minimum Gasteiger partial charge on any atom is -0.493 e. The van der Waals surface area contributed by atoms with Gasteiger partial charge >= 0.3 is 0 Å². The second kappa shape index (κ2) is 7.92. The first-order valence-electron chi connectivity index (χ1n) is 9.71. The van der Waals surface area contributed by atoms with Gasteiger partial charge < -0.3 is 20.1 Å². The molecule has 1 aliphatic heterocycles. The maximum absolute atomic E-state index is 12.7. The second-order valence-corrected chi connectivity index (χ2v) is 7.26. The number of anilines is 2. The Bertz CT molecular complexity index is 903. The Balaban J connectivity index is 1.48. The summed E-state index contributed by atoms with van der Waals surface area (Å²) in [5, 5.41) is 5.76. The molecule has 2 N–H and O–H groups in total. The lowest BCUT2D eigenvalue weighted by Gasteiger charge is -2.18. The number of carbonyl (C=O) groups is 2. The van der Waals surface area contributed by atoms with E-state index in [1.54, 1.807) is 31.4 Å². The predicted octanol–water partition coefficient (Wildman–Crippen LogP) is 4.15. The molecule has 28 heavy (non-hydrogen) atoms. The lowest BCUT2D eigenvalue weighted by molar-refractivity contribution is -0.116. The molecule has 0 atom stereocenters. The number of benzene rings is 2. The number of aryl methyl sites for hydroxylation is 1. The average Bonchev–Trinajstić information content (AvgIpc) is 3.21. The Labute approximate surface area is 164 Å². The van der Waals surface area contributed by atoms with E-state index in [0.29, 0.717) is 35.6 Å². The summed E-state index contributed by atoms with van der Waals surface area (Å²) in [5.74, 6) is 1.05. The van der Waals surface area contributed by atoms with Gasteiger partial charge in [-0.1, -0.05) is 0 Å². The van der Waals surface area contributed by atoms with Crippen molar-refractivity contribution in [3.8, 4) is 11.5 Å². The molecule has 2 aromatic rings. The predicted molar refractivity (Wildman–Crippen MR) is 107 cm³/mol. The van der Waals surface area contributed by atoms with Crippen molar-refractivity contribution in [3.05, 3.63) is 47.5 Å². The topological polar surface area (TPSA) is 76.7 Å². The summed E-state index contributed by atoms with van der Waals surface area (Å²) in [7, 11) is 1.58. The number of rotatable bonds is 5. The van der Waals surface area contributed by atoms with Gasteiger partial charge in [0.2, 0.25) is 5.91 Å². The smallest absolute Gasteiger partial charge is 0.255 e. The lowest BCUT2D eigenvalue weighted by atomic mass is 10.0. The molecule has 0 unspecified atom stereocenters. The highest BCUT2D eigenvalue weighted by Gasteiger charge is 2.20. The quantitative estimate of drug-likeness (QED) is 0.817. The Hall–Kier alpha value is -3.02. The van der Waals surface area contributed by atoms with Gasteiger partial charge in [-0.15, -0.1) is 0 Å². The van der Waals surface area contributed by atoms with Gasteiger partial charge in [-0.25, -0.2) is 0 Å². The number of methoxy groups -OCH3 is 1. The molecule has 2 amide bonds. The summed E-state index contributed by atoms with van der Waals surface area (Å²) in [6, 6.07) is 10.8. The molecule has 6 heteroatoms. The molecule has 1 fully saturated rings. The van der Waals surface area contributed by atoms with Crippen molar-refractivity contribution in [2.75, 3.05) is 17.7 Å². The van der Waals surface area contributed by atoms with Crippen LogP contribution in [0.5, 0.6) is 11.5 Å². The van der Waals surface area contributed by atoms with Crippen LogP contribution in [0.4, 0.5) is 11.4 Å². The van der Waals surface area contributed by atoms with Gasteiger partial charge in [-0.2, -0.15) is 0 Å². The molecule has 2 aromatic carbocycles. The van der Waals surface area contributed by atoms with Crippen LogP contribution in [0.25, 0.3) is 0 Å². The summed E-state index contributed by atoms with van der Waals surface area (Å²) < 4.78 is 11.5. The zero-order chi connectivity index (χ0) is 19.5. The molecule has 146 valence electrons. The molecule has 0 bridgehead atoms. The zero-order valence-corrected chi connectivity index (χ0v) is 15.9. The Morgan fingerprint density at radius 3 is 2.68 bits per heavy atom. The van der Waals surface area contributed by atoms with Crippen LogP contribution in [0.1, 0.15) is 48.0 Å². The van der Waals surface area contributed by atoms with E-state index < -0.39 is 0 Å². The molecule has 0 spiro atoms. The van der Waals surface area contributed by atoms with Crippen LogP contribution in [-0.4, -0.2) is 25.0 Å². The number of nitrogens with one attached hydrogen (secondary N) is 2. The highest BCUT2D eigenvalue weighted by atomic mass is 16.5. The van der Waals surface area contributed by atoms with Crippen LogP contribution in [0.15, 0.2) is 36.4 Å². The van der Waals surface area contributed by atoms with Gasteiger partial charge in [0.1, 0.15) is 0 Å². The van der Waals surface area contributed by atoms with Gasteiger partial charge in [0.15, 0.2) is 11.5 Å². The maximum atomic E-state index is 12.7. The van der Waals surface area contributed by atoms with E-state index in [2.05, 4.69) is 10.6 Å². The summed E-state index contributed by atoms with van der Waals surface area (Å²) in [4.78, 5) is 24.1. The third-order valence-corrected chi connectivity index (χ3v) is 5.28. The highest BCUT2D eigenvalue weighted by molar-refractivity contribution is 6.05. The van der Waals surface area contributed by atoms with Crippen molar-refractivity contribution in [2.45, 2.75) is 44.6 Å². The zero-order valence-electron chi connectivity index (χ0n) is 15.9. The van der Waals surface area contributed by atoms with E-state index in [1.807, 2.05) is 12.1 Å². The average molecular weight is 380 g/mol. The minimum atomic E-state index is -0.217. The van der Waals surface area contributed by atoms with E-state index in [-0.39, 0.29) is 17.9 Å². The first-order chi connectivity index (χ1) is 13.6. The number of hydrogen-bond acceptors (Lipinski definition) is 4. The fraction of sp³-hybridized carbons (Fsp3) is 0.364. The number of carbonyl (C=O) groups excluding carboxylic acids is 2. The number of hydrogen-bond donors (Lipinski definition) is 2. The van der Waals surface area contributed by atoms with Gasteiger partial charge in [-0.05, 0) is 74.1 Å². The van der Waals surface area contributed by atoms with Gasteiger partial charge in [-0.3, -0.25) is 9.59 Å². The van der Waals surface area contributed by atoms with Crippen molar-refractivity contribution < 1.29 is 19.1 Å². The van der Waals surface area contributed by atoms with Gasteiger partial charge in [0.05, 0.1) is 13.2 Å². The first kappa shape index (κ1) is 18.3. The molecular weight excluding hydrogens is 356 g/mol. The minimum absolute atomic E-state index is 0.0243. The first-order valence-corrected chi connectivity index (χ1v) is 9.71. The molecular formula is C22H24N2O4. The van der Waals surface area contributed by atoms with Crippen molar-refractivity contribution in [1.29, 1.82) is 0 Å². The standard InChI is InChI=1S/C22H24N2O4/c1-27-20-13-15(6-10-19(20)28-17-4-2-3-5-17)22(26)23-16-8-9-18-14(12-16)7-11-21(25)24-18/h6,8-10,12-13,17H,2-5,7,11H2,1H3,(H,23,26)(H,24,25).